The molecular weight excluding hydrogens is 262 g/mol. The number of nitrogens with two attached hydrogens (primary N) is 1. The fourth-order valence-electron chi connectivity index (χ4n) is 2.32. The van der Waals surface area contributed by atoms with Crippen LogP contribution in [-0.4, -0.2) is 12.5 Å². The Morgan fingerprint density at radius 2 is 1.76 bits per heavy atom. The van der Waals surface area contributed by atoms with Crippen molar-refractivity contribution in [1.82, 2.24) is 5.32 Å². The predicted octanol–water partition coefficient (Wildman–Crippen LogP) is 3.38. The second kappa shape index (κ2) is 6.31. The molecule has 0 aliphatic carbocycles. The number of rotatable bonds is 4. The van der Waals surface area contributed by atoms with E-state index in [-0.39, 0.29) is 5.91 Å². The minimum absolute atomic E-state index is 0.128. The summed E-state index contributed by atoms with van der Waals surface area (Å²) in [4.78, 5) is 12.1. The van der Waals surface area contributed by atoms with Crippen molar-refractivity contribution in [2.45, 2.75) is 20.8 Å². The van der Waals surface area contributed by atoms with Gasteiger partial charge in [-0.3, -0.25) is 4.79 Å². The van der Waals surface area contributed by atoms with Crippen LogP contribution < -0.4 is 16.4 Å². The third-order valence-corrected chi connectivity index (χ3v) is 3.13. The standard InChI is InChI=1S/C17H21N3O/c1-4-19-17(21)15-10-13(18)5-6-16(15)20-14-8-11(2)7-12(3)9-14/h5-10,20H,4,18H2,1-3H3,(H,19,21). The summed E-state index contributed by atoms with van der Waals surface area (Å²) in [6.07, 6.45) is 0. The lowest BCUT2D eigenvalue weighted by molar-refractivity contribution is 0.0956. The average Bonchev–Trinajstić information content (AvgIpc) is 2.40. The monoisotopic (exact) mass is 283 g/mol. The van der Waals surface area contributed by atoms with Crippen LogP contribution in [0.5, 0.6) is 0 Å². The molecule has 110 valence electrons. The summed E-state index contributed by atoms with van der Waals surface area (Å²) >= 11 is 0. The van der Waals surface area contributed by atoms with Crippen LogP contribution in [0, 0.1) is 13.8 Å². The van der Waals surface area contributed by atoms with E-state index in [9.17, 15) is 4.79 Å². The van der Waals surface area contributed by atoms with E-state index in [1.807, 2.05) is 39.0 Å². The Kier molecular flexibility index (Phi) is 4.48. The number of benzene rings is 2. The second-order valence-corrected chi connectivity index (χ2v) is 5.17. The van der Waals surface area contributed by atoms with Gasteiger partial charge in [0.15, 0.2) is 0 Å². The molecular formula is C17H21N3O. The first kappa shape index (κ1) is 14.9. The molecule has 0 spiro atoms. The highest BCUT2D eigenvalue weighted by Gasteiger charge is 2.11. The topological polar surface area (TPSA) is 67.2 Å². The van der Waals surface area contributed by atoms with E-state index in [0.29, 0.717) is 17.8 Å². The van der Waals surface area contributed by atoms with E-state index in [1.165, 1.54) is 11.1 Å². The smallest absolute Gasteiger partial charge is 0.253 e. The van der Waals surface area contributed by atoms with E-state index in [1.54, 1.807) is 12.1 Å². The highest BCUT2D eigenvalue weighted by atomic mass is 16.1. The van der Waals surface area contributed by atoms with Crippen molar-refractivity contribution < 1.29 is 4.79 Å². The molecule has 0 unspecified atom stereocenters. The third kappa shape index (κ3) is 3.75. The summed E-state index contributed by atoms with van der Waals surface area (Å²) in [6, 6.07) is 11.5. The van der Waals surface area contributed by atoms with E-state index in [4.69, 9.17) is 5.73 Å². The van der Waals surface area contributed by atoms with Gasteiger partial charge in [-0.05, 0) is 62.2 Å². The number of amides is 1. The van der Waals surface area contributed by atoms with Gasteiger partial charge in [-0.2, -0.15) is 0 Å². The summed E-state index contributed by atoms with van der Waals surface area (Å²) < 4.78 is 0. The van der Waals surface area contributed by atoms with Gasteiger partial charge in [-0.25, -0.2) is 0 Å². The molecule has 0 atom stereocenters. The van der Waals surface area contributed by atoms with Gasteiger partial charge in [0.25, 0.3) is 5.91 Å². The Bertz CT molecular complexity index is 645. The normalized spacial score (nSPS) is 10.2. The quantitative estimate of drug-likeness (QED) is 0.754. The average molecular weight is 283 g/mol. The van der Waals surface area contributed by atoms with Gasteiger partial charge in [0.1, 0.15) is 0 Å². The van der Waals surface area contributed by atoms with Crippen LogP contribution in [0.3, 0.4) is 0 Å². The summed E-state index contributed by atoms with van der Waals surface area (Å²) in [5, 5.41) is 6.11. The molecule has 1 amide bonds. The zero-order valence-corrected chi connectivity index (χ0v) is 12.7. The first-order valence-electron chi connectivity index (χ1n) is 7.02. The van der Waals surface area contributed by atoms with Crippen molar-refractivity contribution in [2.24, 2.45) is 0 Å². The van der Waals surface area contributed by atoms with E-state index in [2.05, 4.69) is 16.7 Å². The molecule has 2 aromatic rings. The van der Waals surface area contributed by atoms with Crippen molar-refractivity contribution in [3.05, 3.63) is 53.1 Å². The van der Waals surface area contributed by atoms with Crippen LogP contribution >= 0.6 is 0 Å². The number of aryl methyl sites for hydroxylation is 2. The zero-order chi connectivity index (χ0) is 15.4. The number of hydrogen-bond donors (Lipinski definition) is 3. The highest BCUT2D eigenvalue weighted by molar-refractivity contribution is 6.01. The molecule has 0 aromatic heterocycles. The van der Waals surface area contributed by atoms with Crippen LogP contribution in [0.2, 0.25) is 0 Å². The van der Waals surface area contributed by atoms with Gasteiger partial charge in [-0.1, -0.05) is 6.07 Å². The van der Waals surface area contributed by atoms with E-state index < -0.39 is 0 Å². The molecule has 0 heterocycles. The van der Waals surface area contributed by atoms with Gasteiger partial charge in [0, 0.05) is 17.9 Å². The fraction of sp³-hybridized carbons (Fsp3) is 0.235. The molecule has 0 radical (unpaired) electrons. The van der Waals surface area contributed by atoms with Gasteiger partial charge in [-0.15, -0.1) is 0 Å². The molecule has 0 saturated heterocycles. The number of nitrogens with one attached hydrogen (secondary N) is 2. The molecule has 21 heavy (non-hydrogen) atoms. The van der Waals surface area contributed by atoms with Crippen molar-refractivity contribution in [3.63, 3.8) is 0 Å². The molecule has 0 aliphatic rings. The van der Waals surface area contributed by atoms with Gasteiger partial charge >= 0.3 is 0 Å². The number of carbonyl (C=O) groups is 1. The predicted molar refractivity (Wildman–Crippen MR) is 88.1 cm³/mol. The lowest BCUT2D eigenvalue weighted by Crippen LogP contribution is -2.23. The molecule has 0 saturated carbocycles. The Morgan fingerprint density at radius 3 is 2.38 bits per heavy atom. The first-order chi connectivity index (χ1) is 9.99. The maximum atomic E-state index is 12.1. The summed E-state index contributed by atoms with van der Waals surface area (Å²) in [5.41, 5.74) is 11.0. The van der Waals surface area contributed by atoms with E-state index >= 15 is 0 Å². The largest absolute Gasteiger partial charge is 0.399 e. The third-order valence-electron chi connectivity index (χ3n) is 3.13. The second-order valence-electron chi connectivity index (χ2n) is 5.17. The van der Waals surface area contributed by atoms with Crippen LogP contribution in [-0.2, 0) is 0 Å². The van der Waals surface area contributed by atoms with Gasteiger partial charge < -0.3 is 16.4 Å². The van der Waals surface area contributed by atoms with Crippen molar-refractivity contribution in [3.8, 4) is 0 Å². The zero-order valence-electron chi connectivity index (χ0n) is 12.7. The first-order valence-corrected chi connectivity index (χ1v) is 7.02. The molecule has 4 nitrogen and oxygen atoms in total. The van der Waals surface area contributed by atoms with Crippen LogP contribution in [0.4, 0.5) is 17.1 Å². The van der Waals surface area contributed by atoms with Crippen molar-refractivity contribution >= 4 is 23.0 Å². The summed E-state index contributed by atoms with van der Waals surface area (Å²) in [5.74, 6) is -0.128. The Labute approximate surface area is 125 Å². The molecule has 0 fully saturated rings. The molecule has 0 bridgehead atoms. The molecule has 2 aromatic carbocycles. The molecule has 2 rings (SSSR count). The summed E-state index contributed by atoms with van der Waals surface area (Å²) in [6.45, 7) is 6.57. The lowest BCUT2D eigenvalue weighted by atomic mass is 10.1. The maximum absolute atomic E-state index is 12.1. The van der Waals surface area contributed by atoms with Crippen molar-refractivity contribution in [2.75, 3.05) is 17.6 Å². The van der Waals surface area contributed by atoms with Crippen LogP contribution in [0.25, 0.3) is 0 Å². The Hall–Kier alpha value is -2.49. The Morgan fingerprint density at radius 1 is 1.10 bits per heavy atom. The molecule has 4 N–H and O–H groups in total. The van der Waals surface area contributed by atoms with Crippen LogP contribution in [0.1, 0.15) is 28.4 Å². The number of anilines is 3. The van der Waals surface area contributed by atoms with Gasteiger partial charge in [0.2, 0.25) is 0 Å². The fourth-order valence-corrected chi connectivity index (χ4v) is 2.32. The maximum Gasteiger partial charge on any atom is 0.253 e. The number of nitrogen functional groups attached to an aromatic ring is 1. The number of carbonyl (C=O) groups excluding carboxylic acids is 1. The lowest BCUT2D eigenvalue weighted by Gasteiger charge is -2.13. The van der Waals surface area contributed by atoms with E-state index in [0.717, 1.165) is 11.4 Å². The minimum Gasteiger partial charge on any atom is -0.399 e. The highest BCUT2D eigenvalue weighted by Crippen LogP contribution is 2.24. The molecule has 4 heteroatoms. The Balaban J connectivity index is 2.37. The summed E-state index contributed by atoms with van der Waals surface area (Å²) in [7, 11) is 0. The van der Waals surface area contributed by atoms with Crippen LogP contribution in [0.15, 0.2) is 36.4 Å². The van der Waals surface area contributed by atoms with Gasteiger partial charge in [0.05, 0.1) is 11.3 Å². The minimum atomic E-state index is -0.128. The van der Waals surface area contributed by atoms with Crippen molar-refractivity contribution in [1.29, 1.82) is 0 Å². The SMILES string of the molecule is CCNC(=O)c1cc(N)ccc1Nc1cc(C)cc(C)c1. The molecule has 0 aliphatic heterocycles. The number of hydrogen-bond acceptors (Lipinski definition) is 3.